The van der Waals surface area contributed by atoms with Gasteiger partial charge in [-0.2, -0.15) is 0 Å². The second-order valence-electron chi connectivity index (χ2n) is 2.68. The summed E-state index contributed by atoms with van der Waals surface area (Å²) in [7, 11) is 0. The van der Waals surface area contributed by atoms with Crippen LogP contribution in [0.1, 0.15) is 6.42 Å². The van der Waals surface area contributed by atoms with Crippen LogP contribution in [0.15, 0.2) is 8.47 Å². The summed E-state index contributed by atoms with van der Waals surface area (Å²) in [5, 5.41) is 0. The molecule has 0 unspecified atom stereocenters. The molecule has 1 fully saturated rings. The summed E-state index contributed by atoms with van der Waals surface area (Å²) < 4.78 is 3.57. The lowest BCUT2D eigenvalue weighted by Gasteiger charge is -2.25. The van der Waals surface area contributed by atoms with Crippen molar-refractivity contribution in [2.75, 3.05) is 11.5 Å². The second kappa shape index (κ2) is 5.25. The van der Waals surface area contributed by atoms with Gasteiger partial charge in [-0.05, 0) is 17.9 Å². The molecule has 0 aliphatic carbocycles. The van der Waals surface area contributed by atoms with E-state index in [-0.39, 0.29) is 0 Å². The predicted octanol–water partition coefficient (Wildman–Crippen LogP) is 3.97. The van der Waals surface area contributed by atoms with Gasteiger partial charge in [-0.15, -0.1) is 72.3 Å². The maximum absolute atomic E-state index is 4.39. The zero-order valence-corrected chi connectivity index (χ0v) is 11.9. The van der Waals surface area contributed by atoms with Crippen molar-refractivity contribution in [1.82, 2.24) is 0 Å². The van der Waals surface area contributed by atoms with Crippen LogP contribution >= 0.6 is 72.3 Å². The number of hydrogen-bond acceptors (Lipinski definition) is 6. The number of hydrogen-bond donors (Lipinski definition) is 2. The maximum Gasteiger partial charge on any atom is 0.0817 e. The first-order valence-electron chi connectivity index (χ1n) is 3.96. The van der Waals surface area contributed by atoms with Crippen molar-refractivity contribution < 1.29 is 0 Å². The minimum Gasteiger partial charge on any atom is -0.146 e. The van der Waals surface area contributed by atoms with Gasteiger partial charge in [-0.3, -0.25) is 0 Å². The molecule has 74 valence electrons. The van der Waals surface area contributed by atoms with Gasteiger partial charge in [0.1, 0.15) is 0 Å². The molecular formula is C7H10S6. The normalized spacial score (nSPS) is 27.2. The second-order valence-corrected chi connectivity index (χ2v) is 9.58. The lowest BCUT2D eigenvalue weighted by atomic mass is 10.6. The monoisotopic (exact) mass is 286 g/mol. The van der Waals surface area contributed by atoms with Crippen molar-refractivity contribution in [2.24, 2.45) is 0 Å². The highest BCUT2D eigenvalue weighted by Crippen LogP contribution is 2.55. The molecule has 0 aromatic heterocycles. The van der Waals surface area contributed by atoms with Crippen LogP contribution in [-0.2, 0) is 0 Å². The molecule has 0 aromatic carbocycles. The molecule has 0 atom stereocenters. The van der Waals surface area contributed by atoms with Crippen LogP contribution in [0.3, 0.4) is 0 Å². The van der Waals surface area contributed by atoms with Gasteiger partial charge in [0.05, 0.1) is 17.6 Å². The van der Waals surface area contributed by atoms with Crippen molar-refractivity contribution in [3.63, 3.8) is 0 Å². The van der Waals surface area contributed by atoms with Crippen molar-refractivity contribution in [1.29, 1.82) is 0 Å². The lowest BCUT2D eigenvalue weighted by molar-refractivity contribution is 1.10. The maximum atomic E-state index is 4.39. The fraction of sp³-hybridized carbons (Fsp3) is 0.714. The molecule has 2 aliphatic heterocycles. The van der Waals surface area contributed by atoms with Gasteiger partial charge in [0.25, 0.3) is 0 Å². The smallest absolute Gasteiger partial charge is 0.0817 e. The summed E-state index contributed by atoms with van der Waals surface area (Å²) >= 11 is 16.7. The van der Waals surface area contributed by atoms with E-state index in [9.17, 15) is 0 Å². The summed E-state index contributed by atoms with van der Waals surface area (Å²) in [6, 6.07) is 0. The van der Waals surface area contributed by atoms with Crippen LogP contribution in [0.4, 0.5) is 0 Å². The summed E-state index contributed by atoms with van der Waals surface area (Å²) in [5.41, 5.74) is 0. The molecule has 0 saturated carbocycles. The molecule has 6 heteroatoms. The van der Waals surface area contributed by atoms with Gasteiger partial charge in [0, 0.05) is 0 Å². The first-order chi connectivity index (χ1) is 6.27. The van der Waals surface area contributed by atoms with Crippen LogP contribution < -0.4 is 0 Å². The Morgan fingerprint density at radius 3 is 2.00 bits per heavy atom. The van der Waals surface area contributed by atoms with E-state index in [1.807, 2.05) is 23.5 Å². The van der Waals surface area contributed by atoms with E-state index in [1.165, 1.54) is 17.9 Å². The van der Waals surface area contributed by atoms with E-state index in [0.717, 1.165) is 13.1 Å². The molecular weight excluding hydrogens is 276 g/mol. The topological polar surface area (TPSA) is 0 Å². The van der Waals surface area contributed by atoms with E-state index in [4.69, 9.17) is 0 Å². The van der Waals surface area contributed by atoms with Gasteiger partial charge in [0.2, 0.25) is 0 Å². The molecule has 0 bridgehead atoms. The Morgan fingerprint density at radius 1 is 0.923 bits per heavy atom. The number of thiol groups is 2. The van der Waals surface area contributed by atoms with Crippen LogP contribution in [0.2, 0.25) is 0 Å². The molecule has 0 nitrogen and oxygen atoms in total. The van der Waals surface area contributed by atoms with Crippen molar-refractivity contribution >= 4 is 72.3 Å². The summed E-state index contributed by atoms with van der Waals surface area (Å²) in [6.07, 6.45) is 1.36. The van der Waals surface area contributed by atoms with E-state index in [1.54, 1.807) is 0 Å². The largest absolute Gasteiger partial charge is 0.146 e. The Labute approximate surface area is 107 Å². The van der Waals surface area contributed by atoms with Crippen molar-refractivity contribution in [3.05, 3.63) is 8.47 Å². The van der Waals surface area contributed by atoms with Gasteiger partial charge >= 0.3 is 0 Å². The van der Waals surface area contributed by atoms with E-state index in [2.05, 4.69) is 48.8 Å². The third-order valence-electron chi connectivity index (χ3n) is 1.71. The summed E-state index contributed by atoms with van der Waals surface area (Å²) in [6.45, 7) is 0. The number of thioether (sulfide) groups is 4. The van der Waals surface area contributed by atoms with Gasteiger partial charge in [-0.1, -0.05) is 0 Å². The predicted molar refractivity (Wildman–Crippen MR) is 77.3 cm³/mol. The summed E-state index contributed by atoms with van der Waals surface area (Å²) in [4.78, 5) is 0. The van der Waals surface area contributed by atoms with E-state index in [0.29, 0.717) is 4.58 Å². The highest BCUT2D eigenvalue weighted by Gasteiger charge is 2.31. The average molecular weight is 287 g/mol. The molecule has 13 heavy (non-hydrogen) atoms. The Hall–Kier alpha value is 1.84. The van der Waals surface area contributed by atoms with Gasteiger partial charge in [-0.25, -0.2) is 0 Å². The van der Waals surface area contributed by atoms with E-state index >= 15 is 0 Å². The fourth-order valence-electron chi connectivity index (χ4n) is 1.12. The third kappa shape index (κ3) is 2.91. The lowest BCUT2D eigenvalue weighted by Crippen LogP contribution is -2.15. The van der Waals surface area contributed by atoms with Crippen LogP contribution in [0.5, 0.6) is 0 Å². The van der Waals surface area contributed by atoms with Crippen LogP contribution in [0, 0.1) is 0 Å². The van der Waals surface area contributed by atoms with Crippen molar-refractivity contribution in [3.8, 4) is 0 Å². The quantitative estimate of drug-likeness (QED) is 0.700. The molecule has 0 amide bonds. The Kier molecular flexibility index (Phi) is 4.58. The molecule has 2 rings (SSSR count). The SMILES string of the molecule is SC1=C(S)SC(C2SCCCS2)S1. The van der Waals surface area contributed by atoms with E-state index < -0.39 is 0 Å². The highest BCUT2D eigenvalue weighted by atomic mass is 32.2. The van der Waals surface area contributed by atoms with Crippen molar-refractivity contribution in [2.45, 2.75) is 15.6 Å². The molecule has 0 spiro atoms. The zero-order valence-electron chi connectivity index (χ0n) is 6.80. The molecule has 2 heterocycles. The van der Waals surface area contributed by atoms with Crippen LogP contribution in [-0.4, -0.2) is 20.7 Å². The summed E-state index contributed by atoms with van der Waals surface area (Å²) in [5.74, 6) is 2.64. The minimum atomic E-state index is 0.635. The molecule has 0 aromatic rings. The fourth-order valence-corrected chi connectivity index (χ4v) is 8.62. The first-order valence-corrected chi connectivity index (χ1v) is 8.71. The van der Waals surface area contributed by atoms with Crippen LogP contribution in [0.25, 0.3) is 0 Å². The Morgan fingerprint density at radius 2 is 1.46 bits per heavy atom. The standard InChI is InChI=1S/C7H10S6/c8-4-5(9)13-7(12-4)6-10-2-1-3-11-6/h6-9H,1-3H2. The minimum absolute atomic E-state index is 0.635. The molecule has 0 radical (unpaired) electrons. The Bertz CT molecular complexity index is 205. The Balaban J connectivity index is 1.90. The third-order valence-corrected chi connectivity index (χ3v) is 9.60. The van der Waals surface area contributed by atoms with Gasteiger partial charge in [0.15, 0.2) is 0 Å². The molecule has 2 aliphatic rings. The van der Waals surface area contributed by atoms with Gasteiger partial charge < -0.3 is 0 Å². The molecule has 0 N–H and O–H groups in total. The highest BCUT2D eigenvalue weighted by molar-refractivity contribution is 8.35. The average Bonchev–Trinajstić information content (AvgIpc) is 2.49. The zero-order chi connectivity index (χ0) is 9.26. The molecule has 1 saturated heterocycles. The number of rotatable bonds is 1. The first kappa shape index (κ1) is 11.3.